The van der Waals surface area contributed by atoms with Gasteiger partial charge in [0.15, 0.2) is 23.0 Å². The van der Waals surface area contributed by atoms with E-state index in [0.717, 1.165) is 0 Å². The largest absolute Gasteiger partial charge is 0.478 e. The first-order valence-corrected chi connectivity index (χ1v) is 21.5. The average Bonchev–Trinajstić information content (AvgIpc) is 3.39. The number of carboxylic acids is 8. The molecule has 0 heterocycles. The van der Waals surface area contributed by atoms with Crippen molar-refractivity contribution in [2.45, 2.75) is 0 Å². The Labute approximate surface area is 417 Å². The van der Waals surface area contributed by atoms with Crippen molar-refractivity contribution in [2.75, 3.05) is 0 Å². The van der Waals surface area contributed by atoms with Crippen molar-refractivity contribution in [2.24, 2.45) is 0 Å². The molecule has 8 aromatic carbocycles. The summed E-state index contributed by atoms with van der Waals surface area (Å²) in [7, 11) is 0. The van der Waals surface area contributed by atoms with Gasteiger partial charge in [-0.1, -0.05) is 121 Å². The second-order valence-electron chi connectivity index (χ2n) is 15.7. The summed E-state index contributed by atoms with van der Waals surface area (Å²) in [5.41, 5.74) is -1.50. The van der Waals surface area contributed by atoms with Gasteiger partial charge in [0.2, 0.25) is 0 Å². The van der Waals surface area contributed by atoms with Crippen molar-refractivity contribution in [3.63, 3.8) is 0 Å². The monoisotopic (exact) mass is 996 g/mol. The molecule has 74 heavy (non-hydrogen) atoms. The molecule has 0 saturated heterocycles. The molecule has 0 fully saturated rings. The van der Waals surface area contributed by atoms with Gasteiger partial charge in [-0.25, -0.2) is 38.4 Å². The molecule has 0 saturated carbocycles. The van der Waals surface area contributed by atoms with E-state index in [9.17, 15) is 79.2 Å². The lowest BCUT2D eigenvalue weighted by Crippen LogP contribution is -2.12. The van der Waals surface area contributed by atoms with Crippen LogP contribution >= 0.6 is 0 Å². The molecule has 0 aliphatic rings. The van der Waals surface area contributed by atoms with Crippen LogP contribution in [-0.2, 0) is 0 Å². The minimum absolute atomic E-state index is 0.263. The van der Waals surface area contributed by atoms with Crippen LogP contribution in [-0.4, -0.2) is 88.6 Å². The van der Waals surface area contributed by atoms with Crippen LogP contribution in [0.2, 0.25) is 0 Å². The standard InChI is InChI=1S/2C28H18O9/c2*29-25(30)19-11-17(15-7-3-1-4-8-15)12-20(26(31)32)23(19)37-24-21(27(33)34)13-18(14-22(24)28(35)36)16-9-5-2-6-10-16/h2*1-14H,(H,29,30)(H,31,32)(H,33,34)(H,35,36). The molecule has 18 heteroatoms. The van der Waals surface area contributed by atoms with Gasteiger partial charge in [0.1, 0.15) is 44.5 Å². The second kappa shape index (κ2) is 21.8. The van der Waals surface area contributed by atoms with E-state index in [4.69, 9.17) is 9.47 Å². The number of ether oxygens (including phenoxy) is 2. The van der Waals surface area contributed by atoms with Crippen molar-refractivity contribution in [3.05, 3.63) is 214 Å². The molecule has 8 N–H and O–H groups in total. The normalized spacial score (nSPS) is 10.5. The smallest absolute Gasteiger partial charge is 0.339 e. The summed E-state index contributed by atoms with van der Waals surface area (Å²) in [6.45, 7) is 0. The highest BCUT2D eigenvalue weighted by Crippen LogP contribution is 2.41. The zero-order valence-electron chi connectivity index (χ0n) is 37.8. The van der Waals surface area contributed by atoms with Crippen molar-refractivity contribution in [3.8, 4) is 67.5 Å². The van der Waals surface area contributed by atoms with Crippen molar-refractivity contribution in [1.82, 2.24) is 0 Å². The molecule has 8 rings (SSSR count). The SMILES string of the molecule is O=C(O)c1cc(-c2ccccc2)cc(C(=O)O)c1Oc1c(C(=O)O)cc(-c2ccccc2)cc1C(=O)O.O=C(O)c1cc(-c2ccccc2)cc(C(=O)O)c1Oc1c(C(=O)O)cc(-c2ccccc2)cc1C(=O)O. The minimum Gasteiger partial charge on any atom is -0.478 e. The third-order valence-corrected chi connectivity index (χ3v) is 11.0. The summed E-state index contributed by atoms with van der Waals surface area (Å²) in [5, 5.41) is 78.9. The zero-order chi connectivity index (χ0) is 53.4. The molecule has 0 spiro atoms. The highest BCUT2D eigenvalue weighted by Gasteiger charge is 2.31. The predicted molar refractivity (Wildman–Crippen MR) is 263 cm³/mol. The summed E-state index contributed by atoms with van der Waals surface area (Å²) in [6.07, 6.45) is 0. The maximum Gasteiger partial charge on any atom is 0.339 e. The second-order valence-corrected chi connectivity index (χ2v) is 15.7. The van der Waals surface area contributed by atoms with E-state index in [1.807, 2.05) is 0 Å². The summed E-state index contributed by atoms with van der Waals surface area (Å²) < 4.78 is 11.2. The van der Waals surface area contributed by atoms with Crippen molar-refractivity contribution >= 4 is 47.8 Å². The van der Waals surface area contributed by atoms with E-state index in [0.29, 0.717) is 22.3 Å². The van der Waals surface area contributed by atoms with Gasteiger partial charge in [-0.2, -0.15) is 0 Å². The van der Waals surface area contributed by atoms with Crippen LogP contribution < -0.4 is 9.47 Å². The highest BCUT2D eigenvalue weighted by atomic mass is 16.5. The zero-order valence-corrected chi connectivity index (χ0v) is 37.8. The summed E-state index contributed by atoms with van der Waals surface area (Å²) in [5.74, 6) is -15.2. The lowest BCUT2D eigenvalue weighted by Gasteiger charge is -2.18. The fraction of sp³-hybridized carbons (Fsp3) is 0. The highest BCUT2D eigenvalue weighted by molar-refractivity contribution is 6.06. The van der Waals surface area contributed by atoms with E-state index in [1.54, 1.807) is 121 Å². The number of rotatable bonds is 16. The Morgan fingerprint density at radius 3 is 0.473 bits per heavy atom. The lowest BCUT2D eigenvalue weighted by molar-refractivity contribution is 0.0661. The van der Waals surface area contributed by atoms with Gasteiger partial charge >= 0.3 is 47.8 Å². The number of hydrogen-bond acceptors (Lipinski definition) is 10. The van der Waals surface area contributed by atoms with Crippen LogP contribution in [0.15, 0.2) is 170 Å². The number of hydrogen-bond donors (Lipinski definition) is 8. The molecular weight excluding hydrogens is 961 g/mol. The first-order chi connectivity index (χ1) is 35.3. The Morgan fingerprint density at radius 1 is 0.216 bits per heavy atom. The molecule has 0 atom stereocenters. The van der Waals surface area contributed by atoms with Crippen LogP contribution in [0, 0.1) is 0 Å². The fourth-order valence-electron chi connectivity index (χ4n) is 7.62. The molecule has 0 unspecified atom stereocenters. The molecule has 0 aliphatic heterocycles. The third kappa shape index (κ3) is 11.1. The first kappa shape index (κ1) is 51.0. The Bertz CT molecular complexity index is 2940. The molecule has 0 aromatic heterocycles. The summed E-state index contributed by atoms with van der Waals surface area (Å²) in [6, 6.07) is 43.1. The Hall–Kier alpha value is -10.9. The summed E-state index contributed by atoms with van der Waals surface area (Å²) >= 11 is 0. The van der Waals surface area contributed by atoms with E-state index >= 15 is 0 Å². The van der Waals surface area contributed by atoms with E-state index in [1.165, 1.54) is 48.5 Å². The fourth-order valence-corrected chi connectivity index (χ4v) is 7.62. The van der Waals surface area contributed by atoms with Gasteiger partial charge in [-0.3, -0.25) is 0 Å². The first-order valence-electron chi connectivity index (χ1n) is 21.5. The topological polar surface area (TPSA) is 317 Å². The number of benzene rings is 8. The van der Waals surface area contributed by atoms with E-state index in [-0.39, 0.29) is 22.3 Å². The van der Waals surface area contributed by atoms with Crippen LogP contribution in [0.4, 0.5) is 0 Å². The molecule has 18 nitrogen and oxygen atoms in total. The van der Waals surface area contributed by atoms with Crippen LogP contribution in [0.1, 0.15) is 82.9 Å². The molecule has 0 amide bonds. The Morgan fingerprint density at radius 2 is 0.351 bits per heavy atom. The minimum atomic E-state index is -1.55. The van der Waals surface area contributed by atoms with E-state index < -0.39 is 115 Å². The van der Waals surface area contributed by atoms with Crippen molar-refractivity contribution in [1.29, 1.82) is 0 Å². The van der Waals surface area contributed by atoms with Crippen molar-refractivity contribution < 1.29 is 88.7 Å². The third-order valence-electron chi connectivity index (χ3n) is 11.0. The van der Waals surface area contributed by atoms with Crippen LogP contribution in [0.5, 0.6) is 23.0 Å². The average molecular weight is 997 g/mol. The predicted octanol–water partition coefficient (Wildman–Crippen LogP) is 11.2. The maximum absolute atomic E-state index is 12.1. The lowest BCUT2D eigenvalue weighted by atomic mass is 9.97. The van der Waals surface area contributed by atoms with Gasteiger partial charge in [-0.05, 0) is 93.0 Å². The molecular formula is C56H36O18. The molecule has 368 valence electrons. The van der Waals surface area contributed by atoms with Gasteiger partial charge in [0.05, 0.1) is 0 Å². The van der Waals surface area contributed by atoms with E-state index in [2.05, 4.69) is 0 Å². The number of carboxylic acid groups (broad SMARTS) is 8. The van der Waals surface area contributed by atoms with Gasteiger partial charge in [0, 0.05) is 0 Å². The molecule has 8 aromatic rings. The quantitative estimate of drug-likeness (QED) is 0.0446. The van der Waals surface area contributed by atoms with Crippen LogP contribution in [0.25, 0.3) is 44.5 Å². The van der Waals surface area contributed by atoms with Gasteiger partial charge in [0.25, 0.3) is 0 Å². The molecule has 0 aliphatic carbocycles. The molecule has 0 bridgehead atoms. The Balaban J connectivity index is 0.000000216. The number of aromatic carboxylic acids is 8. The van der Waals surface area contributed by atoms with Crippen LogP contribution in [0.3, 0.4) is 0 Å². The maximum atomic E-state index is 12.1. The summed E-state index contributed by atoms with van der Waals surface area (Å²) in [4.78, 5) is 97.1. The number of carbonyl (C=O) groups is 8. The molecule has 0 radical (unpaired) electrons. The van der Waals surface area contributed by atoms with Gasteiger partial charge < -0.3 is 50.3 Å². The van der Waals surface area contributed by atoms with Gasteiger partial charge in [-0.15, -0.1) is 0 Å². The Kier molecular flexibility index (Phi) is 15.0.